The van der Waals surface area contributed by atoms with Crippen LogP contribution in [0, 0.1) is 0 Å². The van der Waals surface area contributed by atoms with Gasteiger partial charge in [-0.1, -0.05) is 69.2 Å². The van der Waals surface area contributed by atoms with Crippen LogP contribution in [-0.2, 0) is 0 Å². The Bertz CT molecular complexity index is 461. The van der Waals surface area contributed by atoms with Crippen LogP contribution in [0.4, 0.5) is 5.69 Å². The minimum absolute atomic E-state index is 0.178. The van der Waals surface area contributed by atoms with Gasteiger partial charge in [-0.2, -0.15) is 0 Å². The van der Waals surface area contributed by atoms with E-state index in [-0.39, 0.29) is 6.10 Å². The lowest BCUT2D eigenvalue weighted by Crippen LogP contribution is -2.48. The highest BCUT2D eigenvalue weighted by molar-refractivity contribution is 6.33. The normalized spacial score (nSPS) is 17.2. The van der Waals surface area contributed by atoms with E-state index in [4.69, 9.17) is 11.6 Å². The maximum atomic E-state index is 10.3. The van der Waals surface area contributed by atoms with Gasteiger partial charge in [-0.15, -0.1) is 0 Å². The van der Waals surface area contributed by atoms with E-state index in [1.54, 1.807) is 0 Å². The zero-order valence-electron chi connectivity index (χ0n) is 15.1. The largest absolute Gasteiger partial charge is 0.392 e. The predicted molar refractivity (Wildman–Crippen MR) is 104 cm³/mol. The number of anilines is 1. The van der Waals surface area contributed by atoms with E-state index in [1.165, 1.54) is 32.1 Å². The zero-order valence-corrected chi connectivity index (χ0v) is 15.8. The minimum Gasteiger partial charge on any atom is -0.392 e. The van der Waals surface area contributed by atoms with Gasteiger partial charge in [-0.3, -0.25) is 4.90 Å². The lowest BCUT2D eigenvalue weighted by atomic mass is 10.1. The van der Waals surface area contributed by atoms with Gasteiger partial charge in [-0.05, 0) is 18.6 Å². The molecular weight excluding hydrogens is 320 g/mol. The monoisotopic (exact) mass is 352 g/mol. The summed E-state index contributed by atoms with van der Waals surface area (Å²) < 4.78 is 0. The zero-order chi connectivity index (χ0) is 17.2. The highest BCUT2D eigenvalue weighted by atomic mass is 35.5. The van der Waals surface area contributed by atoms with Crippen LogP contribution in [0.5, 0.6) is 0 Å². The maximum Gasteiger partial charge on any atom is 0.0667 e. The average Bonchev–Trinajstić information content (AvgIpc) is 2.59. The van der Waals surface area contributed by atoms with Crippen molar-refractivity contribution in [1.29, 1.82) is 0 Å². The molecule has 1 N–H and O–H groups in total. The lowest BCUT2D eigenvalue weighted by Gasteiger charge is -2.37. The fourth-order valence-corrected chi connectivity index (χ4v) is 3.68. The van der Waals surface area contributed by atoms with Gasteiger partial charge < -0.3 is 10.0 Å². The maximum absolute atomic E-state index is 10.3. The summed E-state index contributed by atoms with van der Waals surface area (Å²) in [5, 5.41) is 11.1. The SMILES string of the molecule is CCCCCCCCC(O)CN1CCN(c2ccccc2Cl)CC1. The van der Waals surface area contributed by atoms with Gasteiger partial charge in [0.1, 0.15) is 0 Å². The minimum atomic E-state index is -0.178. The summed E-state index contributed by atoms with van der Waals surface area (Å²) in [6.45, 7) is 7.01. The van der Waals surface area contributed by atoms with Crippen molar-refractivity contribution in [2.45, 2.75) is 58.0 Å². The standard InChI is InChI=1S/C20H33ClN2O/c1-2-3-4-5-6-7-10-18(24)17-22-13-15-23(16-14-22)20-12-9-8-11-19(20)21/h8-9,11-12,18,24H,2-7,10,13-17H2,1H3. The molecule has 1 fully saturated rings. The van der Waals surface area contributed by atoms with Crippen molar-refractivity contribution in [3.8, 4) is 0 Å². The van der Waals surface area contributed by atoms with Gasteiger partial charge in [0.25, 0.3) is 0 Å². The number of halogens is 1. The summed E-state index contributed by atoms with van der Waals surface area (Å²) in [6, 6.07) is 8.05. The Labute approximate surface area is 152 Å². The van der Waals surface area contributed by atoms with Crippen molar-refractivity contribution < 1.29 is 5.11 Å². The third-order valence-corrected chi connectivity index (χ3v) is 5.24. The van der Waals surface area contributed by atoms with Gasteiger partial charge in [-0.25, -0.2) is 0 Å². The molecule has 0 radical (unpaired) electrons. The second-order valence-electron chi connectivity index (χ2n) is 6.95. The molecule has 1 saturated heterocycles. The molecule has 24 heavy (non-hydrogen) atoms. The van der Waals surface area contributed by atoms with Crippen molar-refractivity contribution in [2.24, 2.45) is 0 Å². The highest BCUT2D eigenvalue weighted by Crippen LogP contribution is 2.26. The molecule has 0 bridgehead atoms. The molecule has 1 aliphatic rings. The molecule has 1 aromatic rings. The van der Waals surface area contributed by atoms with Gasteiger partial charge in [0, 0.05) is 32.7 Å². The molecule has 0 saturated carbocycles. The van der Waals surface area contributed by atoms with E-state index in [2.05, 4.69) is 22.8 Å². The number of piperazine rings is 1. The lowest BCUT2D eigenvalue weighted by molar-refractivity contribution is 0.0996. The molecule has 136 valence electrons. The summed E-state index contributed by atoms with van der Waals surface area (Å²) in [5.41, 5.74) is 1.13. The summed E-state index contributed by atoms with van der Waals surface area (Å²) in [6.07, 6.45) is 8.48. The van der Waals surface area contributed by atoms with E-state index >= 15 is 0 Å². The van der Waals surface area contributed by atoms with E-state index in [1.807, 2.05) is 18.2 Å². The van der Waals surface area contributed by atoms with Crippen molar-refractivity contribution in [1.82, 2.24) is 4.90 Å². The molecule has 1 aliphatic heterocycles. The number of hydrogen-bond acceptors (Lipinski definition) is 3. The predicted octanol–water partition coefficient (Wildman–Crippen LogP) is 4.57. The van der Waals surface area contributed by atoms with E-state index in [0.29, 0.717) is 0 Å². The molecule has 2 rings (SSSR count). The smallest absolute Gasteiger partial charge is 0.0667 e. The third-order valence-electron chi connectivity index (χ3n) is 4.93. The van der Waals surface area contributed by atoms with Crippen LogP contribution in [0.3, 0.4) is 0 Å². The molecular formula is C20H33ClN2O. The third kappa shape index (κ3) is 6.62. The Hall–Kier alpha value is -0.770. The first-order valence-corrected chi connectivity index (χ1v) is 9.98. The van der Waals surface area contributed by atoms with Gasteiger partial charge >= 0.3 is 0 Å². The first-order chi connectivity index (χ1) is 11.7. The van der Waals surface area contributed by atoms with Gasteiger partial charge in [0.2, 0.25) is 0 Å². The summed E-state index contributed by atoms with van der Waals surface area (Å²) in [7, 11) is 0. The van der Waals surface area contributed by atoms with Crippen molar-refractivity contribution >= 4 is 17.3 Å². The Morgan fingerprint density at radius 3 is 2.38 bits per heavy atom. The number of rotatable bonds is 10. The average molecular weight is 353 g/mol. The number of aliphatic hydroxyl groups excluding tert-OH is 1. The molecule has 0 amide bonds. The van der Waals surface area contributed by atoms with Crippen LogP contribution in [-0.4, -0.2) is 48.8 Å². The van der Waals surface area contributed by atoms with E-state index in [0.717, 1.165) is 56.3 Å². The first kappa shape index (κ1) is 19.6. The molecule has 1 atom stereocenters. The van der Waals surface area contributed by atoms with Crippen molar-refractivity contribution in [3.63, 3.8) is 0 Å². The van der Waals surface area contributed by atoms with E-state index in [9.17, 15) is 5.11 Å². The summed E-state index contributed by atoms with van der Waals surface area (Å²) >= 11 is 6.29. The fraction of sp³-hybridized carbons (Fsp3) is 0.700. The molecule has 3 nitrogen and oxygen atoms in total. The number of para-hydroxylation sites is 1. The quantitative estimate of drug-likeness (QED) is 0.624. The molecule has 0 aromatic heterocycles. The van der Waals surface area contributed by atoms with Crippen LogP contribution in [0.15, 0.2) is 24.3 Å². The first-order valence-electron chi connectivity index (χ1n) is 9.60. The van der Waals surface area contributed by atoms with Crippen LogP contribution in [0.25, 0.3) is 0 Å². The summed E-state index contributed by atoms with van der Waals surface area (Å²) in [4.78, 5) is 4.73. The topological polar surface area (TPSA) is 26.7 Å². The molecule has 1 unspecified atom stereocenters. The Morgan fingerprint density at radius 1 is 1.00 bits per heavy atom. The molecule has 4 heteroatoms. The van der Waals surface area contributed by atoms with Crippen LogP contribution in [0.1, 0.15) is 51.9 Å². The fourth-order valence-electron chi connectivity index (χ4n) is 3.43. The second-order valence-corrected chi connectivity index (χ2v) is 7.36. The number of hydrogen-bond donors (Lipinski definition) is 1. The number of benzene rings is 1. The Morgan fingerprint density at radius 2 is 1.67 bits per heavy atom. The van der Waals surface area contributed by atoms with Gasteiger partial charge in [0.15, 0.2) is 0 Å². The van der Waals surface area contributed by atoms with Gasteiger partial charge in [0.05, 0.1) is 16.8 Å². The Kier molecular flexibility index (Phi) is 8.93. The Balaban J connectivity index is 1.61. The number of unbranched alkanes of at least 4 members (excludes halogenated alkanes) is 5. The van der Waals surface area contributed by atoms with Crippen LogP contribution in [0.2, 0.25) is 5.02 Å². The molecule has 1 aromatic carbocycles. The van der Waals surface area contributed by atoms with Crippen LogP contribution < -0.4 is 4.90 Å². The second kappa shape index (κ2) is 11.0. The number of β-amino-alcohol motifs (C(OH)–C–C–N with tert-alkyl or cyclic N) is 1. The molecule has 0 spiro atoms. The van der Waals surface area contributed by atoms with Crippen molar-refractivity contribution in [2.75, 3.05) is 37.6 Å². The van der Waals surface area contributed by atoms with Crippen LogP contribution >= 0.6 is 11.6 Å². The number of aliphatic hydroxyl groups is 1. The molecule has 1 heterocycles. The van der Waals surface area contributed by atoms with E-state index < -0.39 is 0 Å². The number of nitrogens with zero attached hydrogens (tertiary/aromatic N) is 2. The molecule has 0 aliphatic carbocycles. The summed E-state index contributed by atoms with van der Waals surface area (Å²) in [5.74, 6) is 0. The highest BCUT2D eigenvalue weighted by Gasteiger charge is 2.20. The van der Waals surface area contributed by atoms with Crippen molar-refractivity contribution in [3.05, 3.63) is 29.3 Å².